The number of carbonyl (C=O) groups is 1. The van der Waals surface area contributed by atoms with Gasteiger partial charge in [0, 0.05) is 13.0 Å². The summed E-state index contributed by atoms with van der Waals surface area (Å²) >= 11 is 0. The number of nitrogens with two attached hydrogens (primary N) is 1. The van der Waals surface area contributed by atoms with E-state index in [4.69, 9.17) is 11.0 Å². The average Bonchev–Trinajstić information content (AvgIpc) is 2.44. The van der Waals surface area contributed by atoms with Gasteiger partial charge in [0.1, 0.15) is 0 Å². The van der Waals surface area contributed by atoms with Crippen molar-refractivity contribution >= 4 is 5.91 Å². The van der Waals surface area contributed by atoms with Crippen molar-refractivity contribution in [2.75, 3.05) is 6.54 Å². The van der Waals surface area contributed by atoms with Crippen LogP contribution >= 0.6 is 0 Å². The van der Waals surface area contributed by atoms with Gasteiger partial charge in [-0.2, -0.15) is 5.26 Å². The maximum Gasteiger partial charge on any atom is 0.220 e. The Morgan fingerprint density at radius 1 is 1.45 bits per heavy atom. The van der Waals surface area contributed by atoms with Crippen molar-refractivity contribution in [1.29, 1.82) is 5.26 Å². The fraction of sp³-hybridized carbons (Fsp3) is 0.500. The summed E-state index contributed by atoms with van der Waals surface area (Å²) < 4.78 is 0. The standard InChI is InChI=1S/C16H23N3O/c1-12(2)6-15(10-18)8-16(20)19-11-14-5-3-4-13(7-14)9-17/h3-5,7,12,15H,6,8,10-11,18H2,1-2H3,(H,19,20). The van der Waals surface area contributed by atoms with Crippen molar-refractivity contribution < 1.29 is 4.79 Å². The second-order valence-corrected chi connectivity index (χ2v) is 5.52. The minimum atomic E-state index is 0.0171. The molecule has 1 aromatic rings. The first-order chi connectivity index (χ1) is 9.55. The first kappa shape index (κ1) is 16.2. The van der Waals surface area contributed by atoms with E-state index in [0.29, 0.717) is 31.0 Å². The Balaban J connectivity index is 2.44. The third-order valence-corrected chi connectivity index (χ3v) is 3.16. The molecule has 0 spiro atoms. The van der Waals surface area contributed by atoms with Gasteiger partial charge in [0.2, 0.25) is 5.91 Å². The predicted octanol–water partition coefficient (Wildman–Crippen LogP) is 2.19. The summed E-state index contributed by atoms with van der Waals surface area (Å²) in [6.45, 7) is 5.25. The molecule has 1 atom stereocenters. The SMILES string of the molecule is CC(C)CC(CN)CC(=O)NCc1cccc(C#N)c1. The number of hydrogen-bond donors (Lipinski definition) is 2. The molecule has 0 bridgehead atoms. The van der Waals surface area contributed by atoms with Crippen LogP contribution < -0.4 is 11.1 Å². The van der Waals surface area contributed by atoms with Crippen molar-refractivity contribution in [3.8, 4) is 6.07 Å². The van der Waals surface area contributed by atoms with Crippen molar-refractivity contribution in [2.24, 2.45) is 17.6 Å². The Labute approximate surface area is 121 Å². The maximum absolute atomic E-state index is 11.9. The topological polar surface area (TPSA) is 78.9 Å². The van der Waals surface area contributed by atoms with Gasteiger partial charge in [-0.15, -0.1) is 0 Å². The molecule has 1 rings (SSSR count). The number of amides is 1. The predicted molar refractivity (Wildman–Crippen MR) is 79.6 cm³/mol. The number of benzene rings is 1. The molecule has 0 radical (unpaired) electrons. The van der Waals surface area contributed by atoms with Gasteiger partial charge in [-0.1, -0.05) is 26.0 Å². The van der Waals surface area contributed by atoms with Gasteiger partial charge >= 0.3 is 0 Å². The molecule has 3 N–H and O–H groups in total. The van der Waals surface area contributed by atoms with E-state index in [1.807, 2.05) is 12.1 Å². The number of hydrogen-bond acceptors (Lipinski definition) is 3. The van der Waals surface area contributed by atoms with Crippen LogP contribution in [-0.4, -0.2) is 12.5 Å². The van der Waals surface area contributed by atoms with Crippen LogP contribution in [0, 0.1) is 23.2 Å². The number of rotatable bonds is 7. The van der Waals surface area contributed by atoms with E-state index in [1.165, 1.54) is 0 Å². The van der Waals surface area contributed by atoms with E-state index in [2.05, 4.69) is 25.2 Å². The number of nitrogens with zero attached hydrogens (tertiary/aromatic N) is 1. The Morgan fingerprint density at radius 3 is 2.80 bits per heavy atom. The van der Waals surface area contributed by atoms with E-state index in [9.17, 15) is 4.79 Å². The summed E-state index contributed by atoms with van der Waals surface area (Å²) in [7, 11) is 0. The average molecular weight is 273 g/mol. The molecule has 108 valence electrons. The van der Waals surface area contributed by atoms with Gasteiger partial charge in [0.15, 0.2) is 0 Å². The highest BCUT2D eigenvalue weighted by Gasteiger charge is 2.13. The van der Waals surface area contributed by atoms with E-state index < -0.39 is 0 Å². The molecule has 4 heteroatoms. The molecular weight excluding hydrogens is 250 g/mol. The summed E-state index contributed by atoms with van der Waals surface area (Å²) in [5.41, 5.74) is 7.24. The van der Waals surface area contributed by atoms with Crippen LogP contribution in [0.4, 0.5) is 0 Å². The van der Waals surface area contributed by atoms with Gasteiger partial charge < -0.3 is 11.1 Å². The maximum atomic E-state index is 11.9. The fourth-order valence-corrected chi connectivity index (χ4v) is 2.22. The van der Waals surface area contributed by atoms with Crippen LogP contribution in [0.1, 0.15) is 37.8 Å². The molecule has 1 unspecified atom stereocenters. The Kier molecular flexibility index (Phi) is 6.75. The monoisotopic (exact) mass is 273 g/mol. The zero-order chi connectivity index (χ0) is 15.0. The van der Waals surface area contributed by atoms with Crippen LogP contribution in [-0.2, 0) is 11.3 Å². The highest BCUT2D eigenvalue weighted by Crippen LogP contribution is 2.14. The Bertz CT molecular complexity index is 477. The van der Waals surface area contributed by atoms with Gasteiger partial charge in [-0.3, -0.25) is 4.79 Å². The number of carbonyl (C=O) groups excluding carboxylic acids is 1. The molecule has 0 saturated heterocycles. The molecule has 0 saturated carbocycles. The van der Waals surface area contributed by atoms with Crippen molar-refractivity contribution in [3.63, 3.8) is 0 Å². The summed E-state index contributed by atoms with van der Waals surface area (Å²) in [5.74, 6) is 0.799. The van der Waals surface area contributed by atoms with Crippen molar-refractivity contribution in [1.82, 2.24) is 5.32 Å². The summed E-state index contributed by atoms with van der Waals surface area (Å²) in [5, 5.41) is 11.7. The van der Waals surface area contributed by atoms with Crippen LogP contribution in [0.15, 0.2) is 24.3 Å². The number of nitriles is 1. The highest BCUT2D eigenvalue weighted by molar-refractivity contribution is 5.76. The van der Waals surface area contributed by atoms with Gasteiger partial charge in [-0.05, 0) is 42.5 Å². The second kappa shape index (κ2) is 8.34. The van der Waals surface area contributed by atoms with E-state index in [0.717, 1.165) is 12.0 Å². The molecule has 0 heterocycles. The van der Waals surface area contributed by atoms with Crippen LogP contribution in [0.5, 0.6) is 0 Å². The lowest BCUT2D eigenvalue weighted by Crippen LogP contribution is -2.28. The van der Waals surface area contributed by atoms with E-state index in [-0.39, 0.29) is 11.8 Å². The van der Waals surface area contributed by atoms with Gasteiger partial charge in [0.05, 0.1) is 11.6 Å². The molecule has 0 fully saturated rings. The Morgan fingerprint density at radius 2 is 2.20 bits per heavy atom. The summed E-state index contributed by atoms with van der Waals surface area (Å²) in [6, 6.07) is 9.34. The molecular formula is C16H23N3O. The lowest BCUT2D eigenvalue weighted by atomic mass is 9.94. The first-order valence-corrected chi connectivity index (χ1v) is 7.01. The minimum absolute atomic E-state index is 0.0171. The van der Waals surface area contributed by atoms with Crippen LogP contribution in [0.3, 0.4) is 0 Å². The number of nitrogens with one attached hydrogen (secondary N) is 1. The smallest absolute Gasteiger partial charge is 0.220 e. The molecule has 0 aromatic heterocycles. The second-order valence-electron chi connectivity index (χ2n) is 5.52. The minimum Gasteiger partial charge on any atom is -0.352 e. The molecule has 20 heavy (non-hydrogen) atoms. The quantitative estimate of drug-likeness (QED) is 0.799. The van der Waals surface area contributed by atoms with Crippen molar-refractivity contribution in [3.05, 3.63) is 35.4 Å². The lowest BCUT2D eigenvalue weighted by Gasteiger charge is -2.16. The first-order valence-electron chi connectivity index (χ1n) is 7.01. The lowest BCUT2D eigenvalue weighted by molar-refractivity contribution is -0.122. The van der Waals surface area contributed by atoms with E-state index >= 15 is 0 Å². The van der Waals surface area contributed by atoms with Crippen LogP contribution in [0.25, 0.3) is 0 Å². The molecule has 1 aromatic carbocycles. The van der Waals surface area contributed by atoms with Crippen LogP contribution in [0.2, 0.25) is 0 Å². The largest absolute Gasteiger partial charge is 0.352 e. The zero-order valence-electron chi connectivity index (χ0n) is 12.2. The molecule has 0 aliphatic heterocycles. The molecule has 4 nitrogen and oxygen atoms in total. The third kappa shape index (κ3) is 5.85. The van der Waals surface area contributed by atoms with Gasteiger partial charge in [-0.25, -0.2) is 0 Å². The molecule has 0 aliphatic rings. The normalized spacial score (nSPS) is 11.9. The van der Waals surface area contributed by atoms with E-state index in [1.54, 1.807) is 12.1 Å². The molecule has 0 aliphatic carbocycles. The summed E-state index contributed by atoms with van der Waals surface area (Å²) in [6.07, 6.45) is 1.43. The third-order valence-electron chi connectivity index (χ3n) is 3.16. The summed E-state index contributed by atoms with van der Waals surface area (Å²) in [4.78, 5) is 11.9. The van der Waals surface area contributed by atoms with Gasteiger partial charge in [0.25, 0.3) is 0 Å². The molecule has 1 amide bonds. The zero-order valence-corrected chi connectivity index (χ0v) is 12.2. The highest BCUT2D eigenvalue weighted by atomic mass is 16.1. The fourth-order valence-electron chi connectivity index (χ4n) is 2.22. The Hall–Kier alpha value is -1.86. The van der Waals surface area contributed by atoms with Crippen molar-refractivity contribution in [2.45, 2.75) is 33.2 Å².